The molecule has 0 amide bonds. The van der Waals surface area contributed by atoms with Crippen molar-refractivity contribution in [3.05, 3.63) is 53.1 Å². The minimum atomic E-state index is 0.382. The molecule has 0 fully saturated rings. The number of methoxy groups -OCH3 is 1. The molecule has 2 heterocycles. The van der Waals surface area contributed by atoms with Crippen LogP contribution in [0.1, 0.15) is 29.7 Å². The summed E-state index contributed by atoms with van der Waals surface area (Å²) in [6.07, 6.45) is 2.15. The predicted octanol–water partition coefficient (Wildman–Crippen LogP) is 3.86. The summed E-state index contributed by atoms with van der Waals surface area (Å²) in [6.45, 7) is 4.43. The van der Waals surface area contributed by atoms with E-state index in [1.54, 1.807) is 7.11 Å². The summed E-state index contributed by atoms with van der Waals surface area (Å²) < 4.78 is 14.0. The van der Waals surface area contributed by atoms with Crippen LogP contribution in [-0.2, 0) is 12.8 Å². The molecule has 0 radical (unpaired) electrons. The second kappa shape index (κ2) is 6.49. The number of nitrogens with zero attached hydrogens (tertiary/aromatic N) is 3. The van der Waals surface area contributed by atoms with Crippen molar-refractivity contribution in [2.45, 2.75) is 25.8 Å². The first kappa shape index (κ1) is 15.5. The van der Waals surface area contributed by atoms with E-state index in [-0.39, 0.29) is 0 Å². The Balaban J connectivity index is 1.54. The van der Waals surface area contributed by atoms with Crippen LogP contribution in [0.2, 0.25) is 0 Å². The van der Waals surface area contributed by atoms with E-state index in [9.17, 15) is 0 Å². The molecule has 1 atom stereocenters. The number of aromatic nitrogens is 2. The topological polar surface area (TPSA) is 38.2 Å². The van der Waals surface area contributed by atoms with Gasteiger partial charge in [-0.2, -0.15) is 8.75 Å². The fraction of sp³-hybridized carbons (Fsp3) is 0.368. The monoisotopic (exact) mass is 339 g/mol. The molecule has 1 aliphatic heterocycles. The first-order valence-corrected chi connectivity index (χ1v) is 9.09. The van der Waals surface area contributed by atoms with E-state index in [2.05, 4.69) is 57.0 Å². The molecular formula is C19H21N3OS. The lowest BCUT2D eigenvalue weighted by atomic mass is 10.0. The van der Waals surface area contributed by atoms with E-state index in [1.165, 1.54) is 28.4 Å². The number of hydrogen-bond acceptors (Lipinski definition) is 5. The van der Waals surface area contributed by atoms with Crippen molar-refractivity contribution in [1.29, 1.82) is 0 Å². The Bertz CT molecular complexity index is 861. The third-order valence-corrected chi connectivity index (χ3v) is 5.61. The SMILES string of the molecule is COc1ccc2c(c1)CCN(C(C)c1ccc3nsnc3c1)CC2. The highest BCUT2D eigenvalue weighted by atomic mass is 32.1. The lowest BCUT2D eigenvalue weighted by Gasteiger charge is -2.27. The Kier molecular flexibility index (Phi) is 4.21. The largest absolute Gasteiger partial charge is 0.497 e. The molecule has 0 saturated carbocycles. The van der Waals surface area contributed by atoms with E-state index in [4.69, 9.17) is 4.74 Å². The maximum Gasteiger partial charge on any atom is 0.119 e. The van der Waals surface area contributed by atoms with Gasteiger partial charge >= 0.3 is 0 Å². The summed E-state index contributed by atoms with van der Waals surface area (Å²) in [7, 11) is 1.73. The number of fused-ring (bicyclic) bond motifs is 2. The summed E-state index contributed by atoms with van der Waals surface area (Å²) in [5.41, 5.74) is 6.19. The van der Waals surface area contributed by atoms with Crippen molar-refractivity contribution < 1.29 is 4.74 Å². The van der Waals surface area contributed by atoms with Gasteiger partial charge in [-0.25, -0.2) is 0 Å². The molecule has 0 N–H and O–H groups in total. The lowest BCUT2D eigenvalue weighted by molar-refractivity contribution is 0.221. The first-order valence-electron chi connectivity index (χ1n) is 8.36. The summed E-state index contributed by atoms with van der Waals surface area (Å²) in [5.74, 6) is 0.955. The summed E-state index contributed by atoms with van der Waals surface area (Å²) >= 11 is 1.28. The molecule has 4 rings (SSSR count). The second-order valence-corrected chi connectivity index (χ2v) is 6.89. The van der Waals surface area contributed by atoms with Gasteiger partial charge in [0, 0.05) is 19.1 Å². The molecule has 1 aliphatic rings. The highest BCUT2D eigenvalue weighted by Crippen LogP contribution is 2.28. The van der Waals surface area contributed by atoms with Gasteiger partial charge in [0.25, 0.3) is 0 Å². The van der Waals surface area contributed by atoms with Crippen molar-refractivity contribution in [2.24, 2.45) is 0 Å². The Hall–Kier alpha value is -1.98. The van der Waals surface area contributed by atoms with E-state index >= 15 is 0 Å². The van der Waals surface area contributed by atoms with Gasteiger partial charge in [-0.1, -0.05) is 12.1 Å². The van der Waals surface area contributed by atoms with Gasteiger partial charge in [0.15, 0.2) is 0 Å². The zero-order valence-electron chi connectivity index (χ0n) is 14.0. The van der Waals surface area contributed by atoms with Gasteiger partial charge in [-0.3, -0.25) is 4.90 Å². The van der Waals surface area contributed by atoms with E-state index in [0.717, 1.165) is 42.7 Å². The molecule has 24 heavy (non-hydrogen) atoms. The van der Waals surface area contributed by atoms with E-state index in [0.29, 0.717) is 6.04 Å². The normalized spacial score (nSPS) is 16.6. The fourth-order valence-electron chi connectivity index (χ4n) is 3.50. The second-order valence-electron chi connectivity index (χ2n) is 6.36. The van der Waals surface area contributed by atoms with Crippen LogP contribution in [0, 0.1) is 0 Å². The molecule has 0 aliphatic carbocycles. The molecular weight excluding hydrogens is 318 g/mol. The maximum absolute atomic E-state index is 5.37. The molecule has 4 nitrogen and oxygen atoms in total. The van der Waals surface area contributed by atoms with Crippen LogP contribution >= 0.6 is 11.7 Å². The first-order chi connectivity index (χ1) is 11.7. The molecule has 2 aromatic carbocycles. The zero-order valence-corrected chi connectivity index (χ0v) is 14.8. The van der Waals surface area contributed by atoms with Crippen LogP contribution in [0.25, 0.3) is 11.0 Å². The molecule has 124 valence electrons. The van der Waals surface area contributed by atoms with Crippen LogP contribution in [0.4, 0.5) is 0 Å². The Morgan fingerprint density at radius 1 is 1.00 bits per heavy atom. The molecule has 1 aromatic heterocycles. The van der Waals surface area contributed by atoms with Gasteiger partial charge in [0.1, 0.15) is 16.8 Å². The zero-order chi connectivity index (χ0) is 16.5. The maximum atomic E-state index is 5.37. The van der Waals surface area contributed by atoms with Crippen LogP contribution in [0.15, 0.2) is 36.4 Å². The van der Waals surface area contributed by atoms with Crippen LogP contribution in [-0.4, -0.2) is 33.8 Å². The molecule has 5 heteroatoms. The third kappa shape index (κ3) is 2.89. The molecule has 0 saturated heterocycles. The van der Waals surface area contributed by atoms with E-state index in [1.807, 2.05) is 0 Å². The Morgan fingerprint density at radius 2 is 1.79 bits per heavy atom. The molecule has 0 bridgehead atoms. The highest BCUT2D eigenvalue weighted by Gasteiger charge is 2.20. The lowest BCUT2D eigenvalue weighted by Crippen LogP contribution is -2.29. The van der Waals surface area contributed by atoms with Crippen molar-refractivity contribution in [3.63, 3.8) is 0 Å². The molecule has 1 unspecified atom stereocenters. The highest BCUT2D eigenvalue weighted by molar-refractivity contribution is 7.00. The van der Waals surface area contributed by atoms with Crippen molar-refractivity contribution in [3.8, 4) is 5.75 Å². The summed E-state index contributed by atoms with van der Waals surface area (Å²) in [6, 6.07) is 13.3. The minimum Gasteiger partial charge on any atom is -0.497 e. The van der Waals surface area contributed by atoms with Crippen LogP contribution < -0.4 is 4.74 Å². The number of ether oxygens (including phenoxy) is 1. The quantitative estimate of drug-likeness (QED) is 0.726. The van der Waals surface area contributed by atoms with Crippen LogP contribution in [0.5, 0.6) is 5.75 Å². The van der Waals surface area contributed by atoms with Gasteiger partial charge in [0.2, 0.25) is 0 Å². The van der Waals surface area contributed by atoms with E-state index < -0.39 is 0 Å². The van der Waals surface area contributed by atoms with Gasteiger partial charge in [-0.05, 0) is 60.7 Å². The summed E-state index contributed by atoms with van der Waals surface area (Å²) in [5, 5.41) is 0. The number of benzene rings is 2. The fourth-order valence-corrected chi connectivity index (χ4v) is 4.02. The molecule has 0 spiro atoms. The summed E-state index contributed by atoms with van der Waals surface area (Å²) in [4.78, 5) is 2.56. The van der Waals surface area contributed by atoms with Crippen LogP contribution in [0.3, 0.4) is 0 Å². The smallest absolute Gasteiger partial charge is 0.119 e. The van der Waals surface area contributed by atoms with Gasteiger partial charge in [-0.15, -0.1) is 0 Å². The van der Waals surface area contributed by atoms with Crippen molar-refractivity contribution >= 4 is 22.8 Å². The minimum absolute atomic E-state index is 0.382. The van der Waals surface area contributed by atoms with Gasteiger partial charge < -0.3 is 4.74 Å². The average Bonchev–Trinajstić information content (AvgIpc) is 2.99. The number of hydrogen-bond donors (Lipinski definition) is 0. The van der Waals surface area contributed by atoms with Crippen molar-refractivity contribution in [1.82, 2.24) is 13.6 Å². The Labute approximate surface area is 146 Å². The third-order valence-electron chi connectivity index (χ3n) is 5.06. The van der Waals surface area contributed by atoms with Crippen molar-refractivity contribution in [2.75, 3.05) is 20.2 Å². The molecule has 3 aromatic rings. The average molecular weight is 339 g/mol. The standard InChI is InChI=1S/C19H21N3OS/c1-13(15-4-6-18-19(12-15)21-24-20-18)22-9-7-14-3-5-17(23-2)11-16(14)8-10-22/h3-6,11-13H,7-10H2,1-2H3. The van der Waals surface area contributed by atoms with Gasteiger partial charge in [0.05, 0.1) is 18.8 Å². The number of rotatable bonds is 3. The predicted molar refractivity (Wildman–Crippen MR) is 97.8 cm³/mol. The Morgan fingerprint density at radius 3 is 2.62 bits per heavy atom.